The van der Waals surface area contributed by atoms with Gasteiger partial charge in [0.2, 0.25) is 10.0 Å². The second kappa shape index (κ2) is 7.17. The van der Waals surface area contributed by atoms with Crippen LogP contribution < -0.4 is 4.90 Å². The molecule has 1 fully saturated rings. The van der Waals surface area contributed by atoms with Gasteiger partial charge in [-0.1, -0.05) is 18.2 Å². The van der Waals surface area contributed by atoms with E-state index in [1.165, 1.54) is 4.31 Å². The van der Waals surface area contributed by atoms with Gasteiger partial charge in [0.05, 0.1) is 20.7 Å². The SMILES string of the molecule is O=[N+]([O-])c1c(N2CCN(S(=O)(=O)c3ccccc3)CC2)ccc2ncccc12. The Hall–Kier alpha value is -3.04. The first-order valence-electron chi connectivity index (χ1n) is 8.81. The van der Waals surface area contributed by atoms with Crippen LogP contribution in [0.15, 0.2) is 65.7 Å². The highest BCUT2D eigenvalue weighted by atomic mass is 32.2. The first-order valence-corrected chi connectivity index (χ1v) is 10.2. The molecule has 0 bridgehead atoms. The summed E-state index contributed by atoms with van der Waals surface area (Å²) in [5.74, 6) is 0. The normalized spacial score (nSPS) is 15.6. The molecule has 9 heteroatoms. The Labute approximate surface area is 162 Å². The first-order chi connectivity index (χ1) is 13.5. The number of nitrogens with zero attached hydrogens (tertiary/aromatic N) is 4. The minimum absolute atomic E-state index is 0.00460. The van der Waals surface area contributed by atoms with Crippen LogP contribution in [-0.2, 0) is 10.0 Å². The Balaban J connectivity index is 1.61. The average Bonchev–Trinajstić information content (AvgIpc) is 2.73. The fourth-order valence-corrected chi connectivity index (χ4v) is 4.93. The fourth-order valence-electron chi connectivity index (χ4n) is 3.48. The smallest absolute Gasteiger partial charge is 0.301 e. The van der Waals surface area contributed by atoms with E-state index in [9.17, 15) is 18.5 Å². The van der Waals surface area contributed by atoms with E-state index in [1.807, 2.05) is 4.90 Å². The summed E-state index contributed by atoms with van der Waals surface area (Å²) in [4.78, 5) is 17.6. The molecule has 4 rings (SSSR count). The predicted octanol–water partition coefficient (Wildman–Crippen LogP) is 2.65. The molecule has 0 N–H and O–H groups in total. The van der Waals surface area contributed by atoms with E-state index in [4.69, 9.17) is 0 Å². The second-order valence-corrected chi connectivity index (χ2v) is 8.40. The number of hydrogen-bond acceptors (Lipinski definition) is 6. The third kappa shape index (κ3) is 3.19. The van der Waals surface area contributed by atoms with Gasteiger partial charge in [0.25, 0.3) is 0 Å². The van der Waals surface area contributed by atoms with Gasteiger partial charge in [0.15, 0.2) is 0 Å². The van der Waals surface area contributed by atoms with Crippen LogP contribution in [0.2, 0.25) is 0 Å². The largest absolute Gasteiger partial charge is 0.363 e. The summed E-state index contributed by atoms with van der Waals surface area (Å²) in [5, 5.41) is 12.2. The van der Waals surface area contributed by atoms with Gasteiger partial charge in [-0.2, -0.15) is 4.31 Å². The molecule has 1 aliphatic heterocycles. The summed E-state index contributed by atoms with van der Waals surface area (Å²) in [6, 6.07) is 15.1. The van der Waals surface area contributed by atoms with Crippen LogP contribution in [-0.4, -0.2) is 48.8 Å². The van der Waals surface area contributed by atoms with Crippen molar-refractivity contribution < 1.29 is 13.3 Å². The van der Waals surface area contributed by atoms with E-state index < -0.39 is 14.9 Å². The van der Waals surface area contributed by atoms with E-state index in [2.05, 4.69) is 4.98 Å². The Morgan fingerprint density at radius 3 is 2.32 bits per heavy atom. The first kappa shape index (κ1) is 18.3. The molecule has 3 aromatic rings. The van der Waals surface area contributed by atoms with E-state index in [0.29, 0.717) is 29.7 Å². The van der Waals surface area contributed by atoms with Crippen molar-refractivity contribution in [3.8, 4) is 0 Å². The molecule has 0 atom stereocenters. The van der Waals surface area contributed by atoms with Gasteiger partial charge in [0, 0.05) is 32.4 Å². The summed E-state index contributed by atoms with van der Waals surface area (Å²) >= 11 is 0. The number of rotatable bonds is 4. The van der Waals surface area contributed by atoms with Crippen molar-refractivity contribution in [3.05, 3.63) is 70.9 Å². The Kier molecular flexibility index (Phi) is 4.70. The molecule has 8 nitrogen and oxygen atoms in total. The molecular weight excluding hydrogens is 380 g/mol. The summed E-state index contributed by atoms with van der Waals surface area (Å²) < 4.78 is 27.0. The maximum absolute atomic E-state index is 12.8. The van der Waals surface area contributed by atoms with Crippen LogP contribution >= 0.6 is 0 Å². The number of pyridine rings is 1. The van der Waals surface area contributed by atoms with Crippen molar-refractivity contribution in [2.24, 2.45) is 0 Å². The molecule has 0 unspecified atom stereocenters. The maximum atomic E-state index is 12.8. The van der Waals surface area contributed by atoms with E-state index in [0.717, 1.165) is 0 Å². The van der Waals surface area contributed by atoms with Gasteiger partial charge < -0.3 is 4.90 Å². The minimum atomic E-state index is -3.57. The molecule has 144 valence electrons. The lowest BCUT2D eigenvalue weighted by atomic mass is 10.1. The quantitative estimate of drug-likeness (QED) is 0.495. The summed E-state index contributed by atoms with van der Waals surface area (Å²) in [6.07, 6.45) is 1.60. The van der Waals surface area contributed by atoms with Gasteiger partial charge in [0.1, 0.15) is 5.69 Å². The molecule has 0 aliphatic carbocycles. The minimum Gasteiger partial charge on any atom is -0.363 e. The molecule has 28 heavy (non-hydrogen) atoms. The fraction of sp³-hybridized carbons (Fsp3) is 0.211. The van der Waals surface area contributed by atoms with Crippen molar-refractivity contribution in [1.29, 1.82) is 0 Å². The number of nitro benzene ring substituents is 1. The molecule has 2 aromatic carbocycles. The standard InChI is InChI=1S/C19H18N4O4S/c24-23(25)19-16-7-4-10-20-17(16)8-9-18(19)21-11-13-22(14-12-21)28(26,27)15-5-2-1-3-6-15/h1-10H,11-14H2. The number of piperazine rings is 1. The zero-order valence-electron chi connectivity index (χ0n) is 14.9. The highest BCUT2D eigenvalue weighted by Crippen LogP contribution is 2.35. The van der Waals surface area contributed by atoms with Crippen LogP contribution in [0, 0.1) is 10.1 Å². The molecule has 0 amide bonds. The molecule has 0 radical (unpaired) electrons. The van der Waals surface area contributed by atoms with E-state index >= 15 is 0 Å². The van der Waals surface area contributed by atoms with Gasteiger partial charge in [-0.05, 0) is 36.4 Å². The number of benzene rings is 2. The van der Waals surface area contributed by atoms with Crippen LogP contribution in [0.4, 0.5) is 11.4 Å². The zero-order chi connectivity index (χ0) is 19.7. The highest BCUT2D eigenvalue weighted by molar-refractivity contribution is 7.89. The topological polar surface area (TPSA) is 96.6 Å². The third-order valence-electron chi connectivity index (χ3n) is 4.88. The van der Waals surface area contributed by atoms with Crippen LogP contribution in [0.25, 0.3) is 10.9 Å². The number of nitro groups is 1. The number of aromatic nitrogens is 1. The van der Waals surface area contributed by atoms with E-state index in [-0.39, 0.29) is 23.7 Å². The van der Waals surface area contributed by atoms with Crippen molar-refractivity contribution in [2.45, 2.75) is 4.90 Å². The van der Waals surface area contributed by atoms with Crippen molar-refractivity contribution in [3.63, 3.8) is 0 Å². The van der Waals surface area contributed by atoms with Gasteiger partial charge >= 0.3 is 5.69 Å². The van der Waals surface area contributed by atoms with E-state index in [1.54, 1.807) is 60.8 Å². The van der Waals surface area contributed by atoms with Crippen molar-refractivity contribution in [1.82, 2.24) is 9.29 Å². The maximum Gasteiger partial charge on any atom is 0.301 e. The number of sulfonamides is 1. The lowest BCUT2D eigenvalue weighted by Crippen LogP contribution is -2.48. The molecule has 1 aliphatic rings. The summed E-state index contributed by atoms with van der Waals surface area (Å²) in [7, 11) is -3.57. The number of hydrogen-bond donors (Lipinski definition) is 0. The molecule has 1 aromatic heterocycles. The lowest BCUT2D eigenvalue weighted by Gasteiger charge is -2.35. The van der Waals surface area contributed by atoms with Crippen molar-refractivity contribution in [2.75, 3.05) is 31.1 Å². The second-order valence-electron chi connectivity index (χ2n) is 6.46. The molecule has 2 heterocycles. The van der Waals surface area contributed by atoms with Gasteiger partial charge in [-0.15, -0.1) is 0 Å². The van der Waals surface area contributed by atoms with Gasteiger partial charge in [-0.3, -0.25) is 15.1 Å². The predicted molar refractivity (Wildman–Crippen MR) is 106 cm³/mol. The number of anilines is 1. The van der Waals surface area contributed by atoms with Crippen LogP contribution in [0.3, 0.4) is 0 Å². The summed E-state index contributed by atoms with van der Waals surface area (Å²) in [5.41, 5.74) is 1.05. The highest BCUT2D eigenvalue weighted by Gasteiger charge is 2.31. The Morgan fingerprint density at radius 1 is 0.929 bits per heavy atom. The van der Waals surface area contributed by atoms with Crippen LogP contribution in [0.1, 0.15) is 0 Å². The number of fused-ring (bicyclic) bond motifs is 1. The Morgan fingerprint density at radius 2 is 1.64 bits per heavy atom. The Bertz CT molecular complexity index is 1130. The van der Waals surface area contributed by atoms with Gasteiger partial charge in [-0.25, -0.2) is 8.42 Å². The van der Waals surface area contributed by atoms with Crippen LogP contribution in [0.5, 0.6) is 0 Å². The molecule has 0 saturated carbocycles. The molecule has 0 spiro atoms. The molecule has 1 saturated heterocycles. The monoisotopic (exact) mass is 398 g/mol. The average molecular weight is 398 g/mol. The van der Waals surface area contributed by atoms with Crippen molar-refractivity contribution >= 4 is 32.3 Å². The lowest BCUT2D eigenvalue weighted by molar-refractivity contribution is -0.382. The third-order valence-corrected chi connectivity index (χ3v) is 6.79. The summed E-state index contributed by atoms with van der Waals surface area (Å²) in [6.45, 7) is 1.27. The zero-order valence-corrected chi connectivity index (χ0v) is 15.7. The molecular formula is C19H18N4O4S.